The lowest BCUT2D eigenvalue weighted by Crippen LogP contribution is -2.46. The van der Waals surface area contributed by atoms with Crippen LogP contribution in [-0.4, -0.2) is 37.0 Å². The van der Waals surface area contributed by atoms with Crippen molar-refractivity contribution in [1.82, 2.24) is 10.2 Å². The van der Waals surface area contributed by atoms with Crippen LogP contribution in [0.15, 0.2) is 4.99 Å². The summed E-state index contributed by atoms with van der Waals surface area (Å²) in [6.45, 7) is 10.9. The molecule has 0 radical (unpaired) electrons. The third kappa shape index (κ3) is 4.10. The molecule has 0 spiro atoms. The van der Waals surface area contributed by atoms with E-state index >= 15 is 0 Å². The number of hydrogen-bond donors (Lipinski definition) is 1. The summed E-state index contributed by atoms with van der Waals surface area (Å²) < 4.78 is 0. The van der Waals surface area contributed by atoms with Crippen LogP contribution in [0.2, 0.25) is 0 Å². The van der Waals surface area contributed by atoms with E-state index in [1.54, 1.807) is 0 Å². The minimum absolute atomic E-state index is 0.809. The molecule has 88 valence electrons. The topological polar surface area (TPSA) is 27.6 Å². The van der Waals surface area contributed by atoms with Crippen molar-refractivity contribution >= 4 is 5.96 Å². The van der Waals surface area contributed by atoms with Gasteiger partial charge < -0.3 is 10.2 Å². The molecule has 0 saturated carbocycles. The molecule has 1 aliphatic heterocycles. The van der Waals surface area contributed by atoms with Gasteiger partial charge in [0.25, 0.3) is 0 Å². The molecule has 1 N–H and O–H groups in total. The second-order valence-electron chi connectivity index (χ2n) is 4.43. The van der Waals surface area contributed by atoms with E-state index in [1.807, 2.05) is 0 Å². The Bertz CT molecular complexity index is 201. The molecule has 1 rings (SSSR count). The Balaban J connectivity index is 2.53. The van der Waals surface area contributed by atoms with E-state index in [9.17, 15) is 0 Å². The summed E-state index contributed by atoms with van der Waals surface area (Å²) in [7, 11) is 0. The Morgan fingerprint density at radius 1 is 1.47 bits per heavy atom. The Hall–Kier alpha value is -0.730. The third-order valence-corrected chi connectivity index (χ3v) is 2.78. The van der Waals surface area contributed by atoms with Crippen molar-refractivity contribution in [2.45, 2.75) is 40.0 Å². The number of aliphatic imine (C=N–C) groups is 1. The molecule has 0 amide bonds. The van der Waals surface area contributed by atoms with Gasteiger partial charge in [0.15, 0.2) is 5.96 Å². The predicted molar refractivity (Wildman–Crippen MR) is 66.2 cm³/mol. The van der Waals surface area contributed by atoms with Crippen LogP contribution in [0.3, 0.4) is 0 Å². The lowest BCUT2D eigenvalue weighted by molar-refractivity contribution is 0.266. The van der Waals surface area contributed by atoms with Crippen molar-refractivity contribution in [3.05, 3.63) is 0 Å². The number of guanidine groups is 1. The van der Waals surface area contributed by atoms with Gasteiger partial charge in [0.1, 0.15) is 0 Å². The van der Waals surface area contributed by atoms with Crippen molar-refractivity contribution in [3.63, 3.8) is 0 Å². The first kappa shape index (κ1) is 12.3. The van der Waals surface area contributed by atoms with Gasteiger partial charge in [0, 0.05) is 26.2 Å². The summed E-state index contributed by atoms with van der Waals surface area (Å²) in [4.78, 5) is 7.03. The molecule has 3 nitrogen and oxygen atoms in total. The summed E-state index contributed by atoms with van der Waals surface area (Å²) in [5, 5.41) is 3.38. The molecule has 0 aromatic carbocycles. The molecule has 1 heterocycles. The van der Waals surface area contributed by atoms with Crippen LogP contribution in [0.1, 0.15) is 40.0 Å². The Morgan fingerprint density at radius 2 is 2.27 bits per heavy atom. The fourth-order valence-electron chi connectivity index (χ4n) is 2.03. The molecule has 0 bridgehead atoms. The second-order valence-corrected chi connectivity index (χ2v) is 4.43. The fraction of sp³-hybridized carbons (Fsp3) is 0.917. The Kier molecular flexibility index (Phi) is 5.51. The molecule has 1 aliphatic rings. The summed E-state index contributed by atoms with van der Waals surface area (Å²) >= 11 is 0. The fourth-order valence-corrected chi connectivity index (χ4v) is 2.03. The molecule has 3 heteroatoms. The number of piperidine rings is 1. The third-order valence-electron chi connectivity index (χ3n) is 2.78. The molecule has 1 fully saturated rings. The Labute approximate surface area is 94.0 Å². The zero-order valence-electron chi connectivity index (χ0n) is 10.4. The molecule has 0 aromatic heterocycles. The van der Waals surface area contributed by atoms with Crippen LogP contribution in [0.5, 0.6) is 0 Å². The van der Waals surface area contributed by atoms with Gasteiger partial charge in [0.05, 0.1) is 0 Å². The average molecular weight is 211 g/mol. The molecule has 15 heavy (non-hydrogen) atoms. The van der Waals surface area contributed by atoms with Crippen LogP contribution in [0, 0.1) is 5.92 Å². The molecular weight excluding hydrogens is 186 g/mol. The Morgan fingerprint density at radius 3 is 2.87 bits per heavy atom. The maximum atomic E-state index is 4.62. The SMILES string of the molecule is CCCN=C(NCC)N1CCCC(C)C1. The summed E-state index contributed by atoms with van der Waals surface area (Å²) in [6.07, 6.45) is 3.79. The first-order chi connectivity index (χ1) is 7.27. The molecule has 1 atom stereocenters. The van der Waals surface area contributed by atoms with Crippen LogP contribution >= 0.6 is 0 Å². The maximum Gasteiger partial charge on any atom is 0.193 e. The van der Waals surface area contributed by atoms with Crippen molar-refractivity contribution in [2.75, 3.05) is 26.2 Å². The van der Waals surface area contributed by atoms with Crippen LogP contribution < -0.4 is 5.32 Å². The molecule has 1 unspecified atom stereocenters. The number of hydrogen-bond acceptors (Lipinski definition) is 1. The van der Waals surface area contributed by atoms with Crippen molar-refractivity contribution in [3.8, 4) is 0 Å². The highest BCUT2D eigenvalue weighted by molar-refractivity contribution is 5.80. The molecule has 0 aliphatic carbocycles. The van der Waals surface area contributed by atoms with Crippen LogP contribution in [0.4, 0.5) is 0 Å². The first-order valence-electron chi connectivity index (χ1n) is 6.31. The number of rotatable bonds is 3. The number of nitrogens with one attached hydrogen (secondary N) is 1. The standard InChI is InChI=1S/C12H25N3/c1-4-8-14-12(13-5-2)15-9-6-7-11(3)10-15/h11H,4-10H2,1-3H3,(H,13,14). The molecular formula is C12H25N3. The second kappa shape index (κ2) is 6.70. The van der Waals surface area contributed by atoms with Gasteiger partial charge in [-0.05, 0) is 32.1 Å². The average Bonchev–Trinajstić information content (AvgIpc) is 2.24. The van der Waals surface area contributed by atoms with Crippen LogP contribution in [0.25, 0.3) is 0 Å². The smallest absolute Gasteiger partial charge is 0.193 e. The van der Waals surface area contributed by atoms with Gasteiger partial charge in [-0.3, -0.25) is 4.99 Å². The highest BCUT2D eigenvalue weighted by Crippen LogP contribution is 2.15. The molecule has 1 saturated heterocycles. The van der Waals surface area contributed by atoms with Crippen molar-refractivity contribution in [1.29, 1.82) is 0 Å². The van der Waals surface area contributed by atoms with Gasteiger partial charge in [-0.1, -0.05) is 13.8 Å². The van der Waals surface area contributed by atoms with Gasteiger partial charge >= 0.3 is 0 Å². The first-order valence-corrected chi connectivity index (χ1v) is 6.31. The normalized spacial score (nSPS) is 23.0. The van der Waals surface area contributed by atoms with Gasteiger partial charge in [0.2, 0.25) is 0 Å². The maximum absolute atomic E-state index is 4.62. The minimum Gasteiger partial charge on any atom is -0.357 e. The van der Waals surface area contributed by atoms with E-state index in [0.29, 0.717) is 0 Å². The van der Waals surface area contributed by atoms with Gasteiger partial charge in [-0.25, -0.2) is 0 Å². The van der Waals surface area contributed by atoms with Crippen molar-refractivity contribution in [2.24, 2.45) is 10.9 Å². The lowest BCUT2D eigenvalue weighted by Gasteiger charge is -2.33. The molecule has 0 aromatic rings. The van der Waals surface area contributed by atoms with E-state index in [4.69, 9.17) is 0 Å². The van der Waals surface area contributed by atoms with E-state index in [0.717, 1.165) is 37.9 Å². The van der Waals surface area contributed by atoms with E-state index in [1.165, 1.54) is 19.4 Å². The van der Waals surface area contributed by atoms with E-state index < -0.39 is 0 Å². The van der Waals surface area contributed by atoms with Crippen LogP contribution in [-0.2, 0) is 0 Å². The van der Waals surface area contributed by atoms with E-state index in [-0.39, 0.29) is 0 Å². The summed E-state index contributed by atoms with van der Waals surface area (Å²) in [6, 6.07) is 0. The monoisotopic (exact) mass is 211 g/mol. The minimum atomic E-state index is 0.809. The van der Waals surface area contributed by atoms with Gasteiger partial charge in [-0.2, -0.15) is 0 Å². The van der Waals surface area contributed by atoms with Crippen molar-refractivity contribution < 1.29 is 0 Å². The zero-order chi connectivity index (χ0) is 11.1. The highest BCUT2D eigenvalue weighted by Gasteiger charge is 2.18. The number of nitrogens with zero attached hydrogens (tertiary/aromatic N) is 2. The summed E-state index contributed by atoms with van der Waals surface area (Å²) in [5.74, 6) is 1.93. The van der Waals surface area contributed by atoms with Gasteiger partial charge in [-0.15, -0.1) is 0 Å². The summed E-state index contributed by atoms with van der Waals surface area (Å²) in [5.41, 5.74) is 0. The van der Waals surface area contributed by atoms with E-state index in [2.05, 4.69) is 36.0 Å². The largest absolute Gasteiger partial charge is 0.357 e. The predicted octanol–water partition coefficient (Wildman–Crippen LogP) is 2.09. The lowest BCUT2D eigenvalue weighted by atomic mass is 10.0. The highest BCUT2D eigenvalue weighted by atomic mass is 15.3. The quantitative estimate of drug-likeness (QED) is 0.572. The number of likely N-dealkylation sites (tertiary alicyclic amines) is 1. The zero-order valence-corrected chi connectivity index (χ0v) is 10.4.